The van der Waals surface area contributed by atoms with Crippen LogP contribution in [0.15, 0.2) is 42.5 Å². The van der Waals surface area contributed by atoms with Gasteiger partial charge in [-0.05, 0) is 87.5 Å². The molecule has 1 aliphatic heterocycles. The molecule has 0 spiro atoms. The normalized spacial score (nSPS) is 21.1. The Kier molecular flexibility index (Phi) is 27.5. The van der Waals surface area contributed by atoms with E-state index in [4.69, 9.17) is 15.9 Å². The fraction of sp³-hybridized carbons (Fsp3) is 0.714. The number of unbranched alkanes of at least 4 members (excludes halogenated alkanes) is 3. The first-order valence-corrected chi connectivity index (χ1v) is 25.8. The number of fused-ring (bicyclic) bond motifs is 2. The van der Waals surface area contributed by atoms with Crippen LogP contribution >= 0.6 is 0 Å². The molecule has 26 heteroatoms. The van der Waals surface area contributed by atoms with Crippen molar-refractivity contribution in [1.29, 1.82) is 0 Å². The molecule has 0 aliphatic carbocycles. The fourth-order valence-corrected chi connectivity index (χ4v) is 8.76. The predicted octanol–water partition coefficient (Wildman–Crippen LogP) is -5.46. The molecule has 23 N–H and O–H groups in total. The van der Waals surface area contributed by atoms with Crippen LogP contribution < -0.4 is 32.3 Å². The number of nitrogens with one attached hydrogen (secondary N) is 6. The zero-order chi connectivity index (χ0) is 55.4. The Bertz CT molecular complexity index is 2050. The second-order valence-electron chi connectivity index (χ2n) is 19.6. The third kappa shape index (κ3) is 19.9. The van der Waals surface area contributed by atoms with E-state index >= 15 is 0 Å². The van der Waals surface area contributed by atoms with E-state index in [1.807, 2.05) is 61.3 Å². The van der Waals surface area contributed by atoms with Gasteiger partial charge < -0.3 is 97.9 Å². The van der Waals surface area contributed by atoms with E-state index < -0.39 is 124 Å². The molecule has 0 bridgehead atoms. The van der Waals surface area contributed by atoms with Gasteiger partial charge in [-0.15, -0.1) is 0 Å². The molecular formula is C49H86N10O16. The third-order valence-corrected chi connectivity index (χ3v) is 13.6. The summed E-state index contributed by atoms with van der Waals surface area (Å²) in [6, 6.07) is 11.2. The monoisotopic (exact) mass is 1070 g/mol. The molecule has 1 amide bonds. The molecule has 0 radical (unpaired) electrons. The number of aliphatic hydroxyl groups excluding tert-OH is 15. The molecular weight excluding hydrogens is 985 g/mol. The van der Waals surface area contributed by atoms with Crippen LogP contribution in [0.25, 0.3) is 11.0 Å². The van der Waals surface area contributed by atoms with Gasteiger partial charge in [-0.1, -0.05) is 38.0 Å². The van der Waals surface area contributed by atoms with E-state index in [1.165, 1.54) is 0 Å². The summed E-state index contributed by atoms with van der Waals surface area (Å²) in [5, 5.41) is 168. The third-order valence-electron chi connectivity index (χ3n) is 13.6. The maximum atomic E-state index is 12.5. The van der Waals surface area contributed by atoms with Crippen molar-refractivity contribution in [2.24, 2.45) is 5.73 Å². The number of H-pyrrole nitrogens is 1. The van der Waals surface area contributed by atoms with Gasteiger partial charge in [0.1, 0.15) is 73.6 Å². The van der Waals surface area contributed by atoms with E-state index in [0.29, 0.717) is 44.6 Å². The van der Waals surface area contributed by atoms with Crippen molar-refractivity contribution in [3.05, 3.63) is 59.4 Å². The lowest BCUT2D eigenvalue weighted by Gasteiger charge is -2.31. The highest BCUT2D eigenvalue weighted by atomic mass is 16.4. The molecule has 3 unspecified atom stereocenters. The van der Waals surface area contributed by atoms with Gasteiger partial charge in [0.15, 0.2) is 0 Å². The van der Waals surface area contributed by atoms with Crippen LogP contribution in [0.3, 0.4) is 0 Å². The SMILES string of the molecule is CCC1Nc2ccc([C@@H](O)N(C)Cc3nc4ccccc4[nH]3)cc2CN(CCCCCCN[C@H](O)[C@H](CC[C@@H](O)NC[C@@H](O)[C@H](O)C(O)C(O)CO)N[C@H](O)[C@@H](N)CCC(=O)NC[C@H](O)[C@H](O)[C@@H](O)[C@H](O)CO)[C@@H]1O. The Morgan fingerprint density at radius 3 is 2.09 bits per heavy atom. The molecule has 1 aliphatic rings. The number of nitrogens with two attached hydrogens (primary N) is 1. The van der Waals surface area contributed by atoms with Gasteiger partial charge in [-0.3, -0.25) is 30.5 Å². The molecule has 3 aromatic rings. The number of hydrogen-bond donors (Lipinski definition) is 22. The number of carbonyl (C=O) groups is 1. The number of amides is 1. The molecule has 0 fully saturated rings. The van der Waals surface area contributed by atoms with Gasteiger partial charge in [0.05, 0.1) is 49.0 Å². The summed E-state index contributed by atoms with van der Waals surface area (Å²) in [7, 11) is 1.83. The van der Waals surface area contributed by atoms with Crippen molar-refractivity contribution >= 4 is 22.6 Å². The second kappa shape index (κ2) is 32.3. The standard InChI is InChI=1S/C49H86N10O16/c1-3-30-49(75)59(23-28-20-27(12-14-31(28)54-30)48(74)58(2)24-39-55-32-10-6-7-11-33(32)56-39)19-9-5-4-8-18-51-47(73)34(15-17-41(67)53-22-36(63)43(69)45(71)38(65)26-61)57-46(72)29(50)13-16-40(66)52-21-35(62)42(68)44(70)37(64)25-60/h6-7,10-12,14,20,29-30,34-38,41-49,51,53-54,57,60-65,67-75H,3-5,8-9,13,15-19,21-26,50H2,1-2H3,(H,52,66)(H,55,56)/t29-,30?,34-,35-,36+,37+,38?,41+,42-,43-,44-,45?,46+,47+,48+,49+/m0/s1. The lowest BCUT2D eigenvalue weighted by Crippen LogP contribution is -2.56. The first-order chi connectivity index (χ1) is 35.7. The largest absolute Gasteiger partial charge is 0.394 e. The van der Waals surface area contributed by atoms with E-state index in [1.54, 1.807) is 4.90 Å². The maximum Gasteiger partial charge on any atom is 0.220 e. The average molecular weight is 1070 g/mol. The van der Waals surface area contributed by atoms with E-state index in [9.17, 15) is 71.2 Å². The molecule has 1 aromatic heterocycles. The van der Waals surface area contributed by atoms with Crippen molar-refractivity contribution in [3.8, 4) is 0 Å². The van der Waals surface area contributed by atoms with Gasteiger partial charge >= 0.3 is 0 Å². The summed E-state index contributed by atoms with van der Waals surface area (Å²) in [4.78, 5) is 24.3. The number of benzene rings is 2. The van der Waals surface area contributed by atoms with E-state index in [2.05, 4.69) is 36.6 Å². The predicted molar refractivity (Wildman–Crippen MR) is 274 cm³/mol. The number of para-hydroxylation sites is 2. The number of nitrogens with zero attached hydrogens (tertiary/aromatic N) is 3. The van der Waals surface area contributed by atoms with Crippen molar-refractivity contribution in [1.82, 2.24) is 41.0 Å². The van der Waals surface area contributed by atoms with Crippen molar-refractivity contribution in [2.45, 2.75) is 176 Å². The summed E-state index contributed by atoms with van der Waals surface area (Å²) in [5.74, 6) is 0.0907. The first-order valence-electron chi connectivity index (χ1n) is 25.8. The van der Waals surface area contributed by atoms with Crippen LogP contribution in [0.2, 0.25) is 0 Å². The minimum absolute atomic E-state index is 0.0112. The smallest absolute Gasteiger partial charge is 0.220 e. The molecule has 428 valence electrons. The van der Waals surface area contributed by atoms with Crippen LogP contribution in [0.5, 0.6) is 0 Å². The van der Waals surface area contributed by atoms with Crippen LogP contribution in [-0.2, 0) is 17.9 Å². The Morgan fingerprint density at radius 2 is 1.44 bits per heavy atom. The van der Waals surface area contributed by atoms with Gasteiger partial charge in [0.2, 0.25) is 5.91 Å². The minimum atomic E-state index is -1.88. The molecule has 16 atom stereocenters. The van der Waals surface area contributed by atoms with Gasteiger partial charge in [-0.25, -0.2) is 4.98 Å². The fourth-order valence-electron chi connectivity index (χ4n) is 8.76. The van der Waals surface area contributed by atoms with Crippen molar-refractivity contribution in [2.75, 3.05) is 51.8 Å². The molecule has 2 heterocycles. The quantitative estimate of drug-likeness (QED) is 0.0191. The molecule has 75 heavy (non-hydrogen) atoms. The van der Waals surface area contributed by atoms with Crippen LogP contribution in [-0.4, -0.2) is 241 Å². The molecule has 4 rings (SSSR count). The molecule has 26 nitrogen and oxygen atoms in total. The Balaban J connectivity index is 1.28. The van der Waals surface area contributed by atoms with Gasteiger partial charge in [-0.2, -0.15) is 0 Å². The summed E-state index contributed by atoms with van der Waals surface area (Å²) >= 11 is 0. The highest BCUT2D eigenvalue weighted by Crippen LogP contribution is 2.30. The molecule has 2 aromatic carbocycles. The number of carbonyl (C=O) groups excluding carboxylic acids is 1. The Hall–Kier alpha value is -3.66. The summed E-state index contributed by atoms with van der Waals surface area (Å²) in [6.07, 6.45) is -17.0. The number of imidazole rings is 1. The maximum absolute atomic E-state index is 12.5. The number of hydrogen-bond acceptors (Lipinski definition) is 24. The lowest BCUT2D eigenvalue weighted by molar-refractivity contribution is -0.126. The summed E-state index contributed by atoms with van der Waals surface area (Å²) in [5.41, 5.74) is 10.5. The lowest BCUT2D eigenvalue weighted by atomic mass is 10.0. The van der Waals surface area contributed by atoms with Crippen LogP contribution in [0.4, 0.5) is 5.69 Å². The minimum Gasteiger partial charge on any atom is -0.394 e. The molecule has 0 saturated heterocycles. The highest BCUT2D eigenvalue weighted by molar-refractivity contribution is 5.76. The van der Waals surface area contributed by atoms with E-state index in [-0.39, 0.29) is 31.7 Å². The first kappa shape index (κ1) is 63.9. The molecule has 0 saturated carbocycles. The van der Waals surface area contributed by atoms with Crippen molar-refractivity contribution < 1.29 is 81.4 Å². The topological polar surface area (TPSA) is 442 Å². The zero-order valence-electron chi connectivity index (χ0n) is 42.8. The van der Waals surface area contributed by atoms with Crippen molar-refractivity contribution in [3.63, 3.8) is 0 Å². The Labute approximate surface area is 436 Å². The highest BCUT2D eigenvalue weighted by Gasteiger charge is 2.33. The van der Waals surface area contributed by atoms with Crippen LogP contribution in [0.1, 0.15) is 87.9 Å². The Morgan fingerprint density at radius 1 is 0.800 bits per heavy atom. The summed E-state index contributed by atoms with van der Waals surface area (Å²) < 4.78 is 0. The van der Waals surface area contributed by atoms with E-state index in [0.717, 1.165) is 47.4 Å². The second-order valence-corrected chi connectivity index (χ2v) is 19.6. The zero-order valence-corrected chi connectivity index (χ0v) is 42.8. The summed E-state index contributed by atoms with van der Waals surface area (Å²) in [6.45, 7) is 1.06. The number of anilines is 1. The number of aliphatic hydroxyl groups is 15. The number of aromatic amines is 1. The van der Waals surface area contributed by atoms with Crippen LogP contribution in [0, 0.1) is 0 Å². The van der Waals surface area contributed by atoms with Gasteiger partial charge in [0.25, 0.3) is 0 Å². The number of aromatic nitrogens is 2. The number of rotatable bonds is 36. The van der Waals surface area contributed by atoms with Gasteiger partial charge in [0, 0.05) is 50.4 Å². The average Bonchev–Trinajstić information content (AvgIpc) is 3.77.